The number of nitrogens with one attached hydrogen (secondary N) is 1. The Morgan fingerprint density at radius 3 is 2.79 bits per heavy atom. The largest absolute Gasteiger partial charge is 0.481 e. The van der Waals surface area contributed by atoms with Gasteiger partial charge in [-0.2, -0.15) is 0 Å². The number of amides is 1. The van der Waals surface area contributed by atoms with Crippen molar-refractivity contribution in [1.82, 2.24) is 5.32 Å². The van der Waals surface area contributed by atoms with Crippen molar-refractivity contribution in [2.45, 2.75) is 26.4 Å². The van der Waals surface area contributed by atoms with Crippen LogP contribution >= 0.6 is 23.2 Å². The first-order valence-electron chi connectivity index (χ1n) is 6.28. The Morgan fingerprint density at radius 2 is 2.16 bits per heavy atom. The molecule has 0 bridgehead atoms. The third kappa shape index (κ3) is 6.17. The maximum Gasteiger partial charge on any atom is 0.260 e. The number of halogens is 2. The summed E-state index contributed by atoms with van der Waals surface area (Å²) in [6.07, 6.45) is 0.326. The van der Waals surface area contributed by atoms with Crippen LogP contribution in [0.5, 0.6) is 5.75 Å². The van der Waals surface area contributed by atoms with E-state index in [1.54, 1.807) is 31.2 Å². The predicted octanol–water partition coefficient (Wildman–Crippen LogP) is 3.49. The molecule has 1 aromatic rings. The highest BCUT2D eigenvalue weighted by atomic mass is 35.5. The van der Waals surface area contributed by atoms with Crippen molar-refractivity contribution in [2.24, 2.45) is 5.92 Å². The fraction of sp³-hybridized carbons (Fsp3) is 0.500. The minimum Gasteiger partial charge on any atom is -0.481 e. The molecule has 106 valence electrons. The predicted molar refractivity (Wildman–Crippen MR) is 79.1 cm³/mol. The van der Waals surface area contributed by atoms with Crippen molar-refractivity contribution in [3.8, 4) is 5.75 Å². The lowest BCUT2D eigenvalue weighted by Gasteiger charge is -2.16. The van der Waals surface area contributed by atoms with Gasteiger partial charge in [-0.15, -0.1) is 11.6 Å². The van der Waals surface area contributed by atoms with Gasteiger partial charge >= 0.3 is 0 Å². The molecule has 0 aromatic heterocycles. The van der Waals surface area contributed by atoms with Crippen LogP contribution in [0.3, 0.4) is 0 Å². The van der Waals surface area contributed by atoms with Crippen LogP contribution in [0.1, 0.15) is 20.3 Å². The van der Waals surface area contributed by atoms with Gasteiger partial charge in [0.2, 0.25) is 0 Å². The summed E-state index contributed by atoms with van der Waals surface area (Å²) < 4.78 is 5.53. The quantitative estimate of drug-likeness (QED) is 0.783. The second kappa shape index (κ2) is 8.28. The molecular formula is C14H19Cl2NO2. The molecule has 0 radical (unpaired) electrons. The van der Waals surface area contributed by atoms with Crippen LogP contribution < -0.4 is 10.1 Å². The average molecular weight is 304 g/mol. The molecule has 19 heavy (non-hydrogen) atoms. The zero-order valence-electron chi connectivity index (χ0n) is 11.2. The first-order chi connectivity index (χ1) is 9.02. The highest BCUT2D eigenvalue weighted by molar-refractivity contribution is 6.30. The third-order valence-electron chi connectivity index (χ3n) is 2.70. The first kappa shape index (κ1) is 16.1. The number of carbonyl (C=O) groups excluding carboxylic acids is 1. The second-order valence-electron chi connectivity index (χ2n) is 4.55. The van der Waals surface area contributed by atoms with E-state index < -0.39 is 6.10 Å². The summed E-state index contributed by atoms with van der Waals surface area (Å²) in [5, 5.41) is 3.43. The summed E-state index contributed by atoms with van der Waals surface area (Å²) in [5.74, 6) is 1.41. The topological polar surface area (TPSA) is 38.3 Å². The number of hydrogen-bond acceptors (Lipinski definition) is 2. The van der Waals surface area contributed by atoms with Crippen LogP contribution in [-0.2, 0) is 4.79 Å². The molecule has 0 spiro atoms. The van der Waals surface area contributed by atoms with Gasteiger partial charge in [-0.3, -0.25) is 4.79 Å². The van der Waals surface area contributed by atoms with Gasteiger partial charge in [0.15, 0.2) is 6.10 Å². The number of rotatable bonds is 7. The Bertz CT molecular complexity index is 412. The fourth-order valence-electron chi connectivity index (χ4n) is 1.50. The zero-order valence-corrected chi connectivity index (χ0v) is 12.7. The number of alkyl halides is 1. The molecule has 0 saturated carbocycles. The fourth-order valence-corrected chi connectivity index (χ4v) is 2.06. The second-order valence-corrected chi connectivity index (χ2v) is 5.36. The highest BCUT2D eigenvalue weighted by Gasteiger charge is 2.15. The molecule has 0 fully saturated rings. The van der Waals surface area contributed by atoms with E-state index in [2.05, 4.69) is 5.32 Å². The molecule has 1 aromatic carbocycles. The van der Waals surface area contributed by atoms with Gasteiger partial charge in [0.05, 0.1) is 0 Å². The monoisotopic (exact) mass is 303 g/mol. The van der Waals surface area contributed by atoms with E-state index in [1.807, 2.05) is 6.92 Å². The van der Waals surface area contributed by atoms with Gasteiger partial charge in [0, 0.05) is 17.4 Å². The van der Waals surface area contributed by atoms with Crippen LogP contribution in [0.15, 0.2) is 24.3 Å². The van der Waals surface area contributed by atoms with Crippen molar-refractivity contribution in [3.05, 3.63) is 29.3 Å². The molecule has 1 amide bonds. The van der Waals surface area contributed by atoms with Crippen LogP contribution in [0.25, 0.3) is 0 Å². The van der Waals surface area contributed by atoms with Crippen LogP contribution in [0.4, 0.5) is 0 Å². The van der Waals surface area contributed by atoms with E-state index in [-0.39, 0.29) is 5.91 Å². The number of benzene rings is 1. The molecule has 5 heteroatoms. The number of carbonyl (C=O) groups is 1. The molecule has 3 nitrogen and oxygen atoms in total. The van der Waals surface area contributed by atoms with Crippen LogP contribution in [0, 0.1) is 5.92 Å². The highest BCUT2D eigenvalue weighted by Crippen LogP contribution is 2.18. The van der Waals surface area contributed by atoms with E-state index >= 15 is 0 Å². The summed E-state index contributed by atoms with van der Waals surface area (Å²) in [7, 11) is 0. The van der Waals surface area contributed by atoms with Crippen molar-refractivity contribution in [3.63, 3.8) is 0 Å². The van der Waals surface area contributed by atoms with E-state index in [4.69, 9.17) is 27.9 Å². The first-order valence-corrected chi connectivity index (χ1v) is 7.20. The molecule has 1 N–H and O–H groups in total. The Hall–Kier alpha value is -0.930. The molecule has 0 aliphatic carbocycles. The van der Waals surface area contributed by atoms with E-state index in [1.165, 1.54) is 0 Å². The summed E-state index contributed by atoms with van der Waals surface area (Å²) in [5.41, 5.74) is 0. The minimum absolute atomic E-state index is 0.138. The van der Waals surface area contributed by atoms with Crippen LogP contribution in [-0.4, -0.2) is 24.4 Å². The molecule has 1 rings (SSSR count). The smallest absolute Gasteiger partial charge is 0.260 e. The van der Waals surface area contributed by atoms with Gasteiger partial charge in [-0.05, 0) is 37.5 Å². The lowest BCUT2D eigenvalue weighted by atomic mass is 10.1. The van der Waals surface area contributed by atoms with E-state index in [0.29, 0.717) is 29.1 Å². The minimum atomic E-state index is -0.554. The number of ether oxygens (including phenoxy) is 1. The SMILES string of the molecule is CC(CCCl)CNC(=O)C(C)Oc1cccc(Cl)c1. The summed E-state index contributed by atoms with van der Waals surface area (Å²) >= 11 is 11.5. The molecule has 2 atom stereocenters. The van der Waals surface area contributed by atoms with Crippen LogP contribution in [0.2, 0.25) is 5.02 Å². The normalized spacial score (nSPS) is 13.7. The standard InChI is InChI=1S/C14H19Cl2NO2/c1-10(6-7-15)9-17-14(18)11(2)19-13-5-3-4-12(16)8-13/h3-5,8,10-11H,6-7,9H2,1-2H3,(H,17,18). The maximum absolute atomic E-state index is 11.8. The van der Waals surface area contributed by atoms with Gasteiger partial charge in [-0.1, -0.05) is 24.6 Å². The molecule has 0 aliphatic rings. The lowest BCUT2D eigenvalue weighted by Crippen LogP contribution is -2.38. The number of hydrogen-bond donors (Lipinski definition) is 1. The molecule has 0 saturated heterocycles. The summed E-state index contributed by atoms with van der Waals surface area (Å²) in [6.45, 7) is 4.36. The summed E-state index contributed by atoms with van der Waals surface area (Å²) in [4.78, 5) is 11.8. The van der Waals surface area contributed by atoms with Gasteiger partial charge in [-0.25, -0.2) is 0 Å². The van der Waals surface area contributed by atoms with E-state index in [0.717, 1.165) is 6.42 Å². The van der Waals surface area contributed by atoms with Gasteiger partial charge in [0.25, 0.3) is 5.91 Å². The lowest BCUT2D eigenvalue weighted by molar-refractivity contribution is -0.127. The van der Waals surface area contributed by atoms with Crippen molar-refractivity contribution in [2.75, 3.05) is 12.4 Å². The molecule has 0 aliphatic heterocycles. The van der Waals surface area contributed by atoms with Crippen molar-refractivity contribution < 1.29 is 9.53 Å². The Labute approximate surface area is 124 Å². The Morgan fingerprint density at radius 1 is 1.42 bits per heavy atom. The average Bonchev–Trinajstić information content (AvgIpc) is 2.36. The third-order valence-corrected chi connectivity index (χ3v) is 3.16. The van der Waals surface area contributed by atoms with Crippen molar-refractivity contribution in [1.29, 1.82) is 0 Å². The van der Waals surface area contributed by atoms with Gasteiger partial charge < -0.3 is 10.1 Å². The van der Waals surface area contributed by atoms with Crippen molar-refractivity contribution >= 4 is 29.1 Å². The van der Waals surface area contributed by atoms with Gasteiger partial charge in [0.1, 0.15) is 5.75 Å². The van der Waals surface area contributed by atoms with E-state index in [9.17, 15) is 4.79 Å². The molecule has 0 heterocycles. The Balaban J connectivity index is 2.40. The molecule has 2 unspecified atom stereocenters. The summed E-state index contributed by atoms with van der Waals surface area (Å²) in [6, 6.07) is 6.99. The maximum atomic E-state index is 11.8. The Kier molecular flexibility index (Phi) is 7.03. The zero-order chi connectivity index (χ0) is 14.3. The molecular weight excluding hydrogens is 285 g/mol.